The molecule has 2 N–H and O–H groups in total. The van der Waals surface area contributed by atoms with Gasteiger partial charge in [-0.2, -0.15) is 0 Å². The van der Waals surface area contributed by atoms with E-state index in [0.717, 1.165) is 44.2 Å². The van der Waals surface area contributed by atoms with Crippen molar-refractivity contribution in [2.24, 2.45) is 5.92 Å². The number of carbonyl (C=O) groups excluding carboxylic acids is 2. The number of hydrogen-bond donors (Lipinski definition) is 2. The maximum Gasteiger partial charge on any atom is 0.274 e. The molecule has 2 fully saturated rings. The fourth-order valence-electron chi connectivity index (χ4n) is 5.87. The van der Waals surface area contributed by atoms with Crippen LogP contribution in [0.1, 0.15) is 67.4 Å². The molecule has 2 unspecified atom stereocenters. The summed E-state index contributed by atoms with van der Waals surface area (Å²) in [6.45, 7) is 5.36. The third-order valence-corrected chi connectivity index (χ3v) is 7.14. The number of nitrogens with zero attached hydrogens (tertiary/aromatic N) is 2. The normalized spacial score (nSPS) is 28.9. The first kappa shape index (κ1) is 20.3. The van der Waals surface area contributed by atoms with Crippen LogP contribution in [0.15, 0.2) is 12.1 Å². The number of piperidine rings is 1. The van der Waals surface area contributed by atoms with Gasteiger partial charge in [-0.3, -0.25) is 19.7 Å². The zero-order valence-corrected chi connectivity index (χ0v) is 17.2. The standard InChI is InChI=1S/C22H30FN3O3/c1-3-17-10-20-16(8-15(9-21(20)23)22(28)24-29)12-25(17)11-14-6-18-4-5-19(7-14)26(18)13(2)27/h8-9,14,17-19,29H,3-7,10-12H2,1-2H3,(H,24,28)/t14?,17-,18?,19?/m1/s1. The predicted octanol–water partition coefficient (Wildman–Crippen LogP) is 2.87. The highest BCUT2D eigenvalue weighted by Crippen LogP contribution is 2.40. The van der Waals surface area contributed by atoms with Gasteiger partial charge in [0.1, 0.15) is 5.82 Å². The van der Waals surface area contributed by atoms with E-state index in [1.807, 2.05) is 0 Å². The minimum absolute atomic E-state index is 0.145. The number of fused-ring (bicyclic) bond motifs is 3. The van der Waals surface area contributed by atoms with Crippen molar-refractivity contribution in [2.75, 3.05) is 6.54 Å². The molecule has 0 radical (unpaired) electrons. The average molecular weight is 403 g/mol. The Morgan fingerprint density at radius 3 is 2.52 bits per heavy atom. The SMILES string of the molecule is CC[C@@H]1Cc2c(F)cc(C(=O)NO)cc2CN1CC1CC2CCC(C1)N2C(C)=O. The first-order valence-corrected chi connectivity index (χ1v) is 10.7. The summed E-state index contributed by atoms with van der Waals surface area (Å²) < 4.78 is 14.6. The summed E-state index contributed by atoms with van der Waals surface area (Å²) in [6, 6.07) is 3.92. The van der Waals surface area contributed by atoms with E-state index < -0.39 is 5.91 Å². The van der Waals surface area contributed by atoms with Crippen LogP contribution in [0, 0.1) is 11.7 Å². The Kier molecular flexibility index (Phi) is 5.62. The molecule has 2 amide bonds. The van der Waals surface area contributed by atoms with E-state index in [1.54, 1.807) is 18.5 Å². The maximum absolute atomic E-state index is 14.6. The van der Waals surface area contributed by atoms with Crippen LogP contribution in [-0.2, 0) is 17.8 Å². The summed E-state index contributed by atoms with van der Waals surface area (Å²) in [5, 5.41) is 8.89. The van der Waals surface area contributed by atoms with Crippen LogP contribution < -0.4 is 5.48 Å². The number of carbonyl (C=O) groups is 2. The zero-order chi connectivity index (χ0) is 20.7. The highest BCUT2D eigenvalue weighted by atomic mass is 19.1. The van der Waals surface area contributed by atoms with Gasteiger partial charge in [0, 0.05) is 43.7 Å². The quantitative estimate of drug-likeness (QED) is 0.599. The van der Waals surface area contributed by atoms with Gasteiger partial charge in [-0.15, -0.1) is 0 Å². The topological polar surface area (TPSA) is 72.9 Å². The number of amides is 2. The third kappa shape index (κ3) is 3.78. The van der Waals surface area contributed by atoms with E-state index in [9.17, 15) is 14.0 Å². The second kappa shape index (κ2) is 8.03. The average Bonchev–Trinajstić information content (AvgIpc) is 2.98. The molecule has 3 atom stereocenters. The fourth-order valence-corrected chi connectivity index (χ4v) is 5.87. The third-order valence-electron chi connectivity index (χ3n) is 7.14. The Morgan fingerprint density at radius 2 is 1.93 bits per heavy atom. The highest BCUT2D eigenvalue weighted by Gasteiger charge is 2.43. The Balaban J connectivity index is 1.51. The lowest BCUT2D eigenvalue weighted by atomic mass is 9.86. The molecule has 4 rings (SSSR count). The van der Waals surface area contributed by atoms with Crippen molar-refractivity contribution < 1.29 is 19.2 Å². The van der Waals surface area contributed by atoms with Crippen molar-refractivity contribution in [3.8, 4) is 0 Å². The molecule has 0 spiro atoms. The molecule has 1 aromatic carbocycles. The van der Waals surface area contributed by atoms with E-state index in [1.165, 1.54) is 6.07 Å². The molecule has 0 saturated carbocycles. The van der Waals surface area contributed by atoms with Crippen LogP contribution >= 0.6 is 0 Å². The van der Waals surface area contributed by atoms with Gasteiger partial charge in [-0.05, 0) is 67.7 Å². The van der Waals surface area contributed by atoms with Gasteiger partial charge in [0.15, 0.2) is 0 Å². The molecule has 7 heteroatoms. The molecule has 1 aromatic rings. The van der Waals surface area contributed by atoms with Gasteiger partial charge in [0.2, 0.25) is 5.91 Å². The molecule has 29 heavy (non-hydrogen) atoms. The van der Waals surface area contributed by atoms with E-state index in [-0.39, 0.29) is 23.3 Å². The molecular formula is C22H30FN3O3. The van der Waals surface area contributed by atoms with Gasteiger partial charge in [0.25, 0.3) is 5.91 Å². The van der Waals surface area contributed by atoms with E-state index >= 15 is 0 Å². The molecule has 6 nitrogen and oxygen atoms in total. The minimum Gasteiger partial charge on any atom is -0.337 e. The minimum atomic E-state index is -0.691. The van der Waals surface area contributed by atoms with Crippen molar-refractivity contribution >= 4 is 11.8 Å². The lowest BCUT2D eigenvalue weighted by Crippen LogP contribution is -2.49. The van der Waals surface area contributed by atoms with Crippen LogP contribution in [-0.4, -0.2) is 51.5 Å². The first-order valence-electron chi connectivity index (χ1n) is 10.7. The number of hydroxylamine groups is 1. The van der Waals surface area contributed by atoms with Crippen LogP contribution in [0.5, 0.6) is 0 Å². The van der Waals surface area contributed by atoms with Gasteiger partial charge in [0.05, 0.1) is 0 Å². The molecule has 3 aliphatic rings. The second-order valence-corrected chi connectivity index (χ2v) is 8.88. The van der Waals surface area contributed by atoms with E-state index in [4.69, 9.17) is 5.21 Å². The van der Waals surface area contributed by atoms with Gasteiger partial charge in [-0.1, -0.05) is 6.92 Å². The van der Waals surface area contributed by atoms with Gasteiger partial charge < -0.3 is 4.90 Å². The molecule has 0 aromatic heterocycles. The molecule has 158 valence electrons. The van der Waals surface area contributed by atoms with Crippen LogP contribution in [0.4, 0.5) is 4.39 Å². The van der Waals surface area contributed by atoms with Crippen LogP contribution in [0.2, 0.25) is 0 Å². The number of benzene rings is 1. The van der Waals surface area contributed by atoms with Crippen LogP contribution in [0.3, 0.4) is 0 Å². The Labute approximate surface area is 171 Å². The molecular weight excluding hydrogens is 373 g/mol. The fraction of sp³-hybridized carbons (Fsp3) is 0.636. The number of hydrogen-bond acceptors (Lipinski definition) is 4. The molecule has 2 bridgehead atoms. The summed E-state index contributed by atoms with van der Waals surface area (Å²) in [4.78, 5) is 28.2. The van der Waals surface area contributed by atoms with Crippen molar-refractivity contribution in [1.29, 1.82) is 0 Å². The summed E-state index contributed by atoms with van der Waals surface area (Å²) in [5.74, 6) is -0.331. The van der Waals surface area contributed by atoms with Crippen molar-refractivity contribution in [3.63, 3.8) is 0 Å². The largest absolute Gasteiger partial charge is 0.337 e. The van der Waals surface area contributed by atoms with Gasteiger partial charge >= 0.3 is 0 Å². The first-order chi connectivity index (χ1) is 13.9. The monoisotopic (exact) mass is 403 g/mol. The summed E-state index contributed by atoms with van der Waals surface area (Å²) in [5.41, 5.74) is 3.26. The summed E-state index contributed by atoms with van der Waals surface area (Å²) >= 11 is 0. The summed E-state index contributed by atoms with van der Waals surface area (Å²) in [6.07, 6.45) is 5.86. The van der Waals surface area contributed by atoms with E-state index in [2.05, 4.69) is 16.7 Å². The molecule has 3 aliphatic heterocycles. The molecule has 3 heterocycles. The molecule has 0 aliphatic carbocycles. The summed E-state index contributed by atoms with van der Waals surface area (Å²) in [7, 11) is 0. The number of rotatable bonds is 4. The van der Waals surface area contributed by atoms with Crippen molar-refractivity contribution in [2.45, 2.75) is 77.0 Å². The zero-order valence-electron chi connectivity index (χ0n) is 17.2. The Bertz CT molecular complexity index is 801. The predicted molar refractivity (Wildman–Crippen MR) is 106 cm³/mol. The smallest absolute Gasteiger partial charge is 0.274 e. The van der Waals surface area contributed by atoms with Crippen molar-refractivity contribution in [3.05, 3.63) is 34.6 Å². The second-order valence-electron chi connectivity index (χ2n) is 8.88. The maximum atomic E-state index is 14.6. The van der Waals surface area contributed by atoms with Crippen LogP contribution in [0.25, 0.3) is 0 Å². The number of halogens is 1. The highest BCUT2D eigenvalue weighted by molar-refractivity contribution is 5.93. The lowest BCUT2D eigenvalue weighted by molar-refractivity contribution is -0.134. The Hall–Kier alpha value is -1.99. The van der Waals surface area contributed by atoms with E-state index in [0.29, 0.717) is 36.5 Å². The lowest BCUT2D eigenvalue weighted by Gasteiger charge is -2.43. The van der Waals surface area contributed by atoms with Crippen molar-refractivity contribution in [1.82, 2.24) is 15.3 Å². The number of nitrogens with one attached hydrogen (secondary N) is 1. The van der Waals surface area contributed by atoms with Gasteiger partial charge in [-0.25, -0.2) is 9.87 Å². The Morgan fingerprint density at radius 1 is 1.24 bits per heavy atom. The molecule has 2 saturated heterocycles.